The largest absolute Gasteiger partial charge is 0.496 e. The molecule has 49 heavy (non-hydrogen) atoms. The number of halogens is 6. The SMILES string of the molecule is COc1ccc(F)cc1-c1ccc(-c2ccc(S(=O)(=O)c3ccc(-c4ccc(-c5cc(F)ccc5OC)cc4F)c(F)c3)cc2F)c(F)c1. The lowest BCUT2D eigenvalue weighted by atomic mass is 9.98. The Morgan fingerprint density at radius 1 is 0.408 bits per heavy atom. The van der Waals surface area contributed by atoms with Crippen molar-refractivity contribution in [3.8, 4) is 56.0 Å². The summed E-state index contributed by atoms with van der Waals surface area (Å²) in [5.74, 6) is -4.38. The van der Waals surface area contributed by atoms with Gasteiger partial charge in [0.25, 0.3) is 0 Å². The van der Waals surface area contributed by atoms with Crippen LogP contribution in [-0.4, -0.2) is 22.6 Å². The van der Waals surface area contributed by atoms with E-state index in [0.29, 0.717) is 23.6 Å². The summed E-state index contributed by atoms with van der Waals surface area (Å²) in [6.07, 6.45) is 0. The Morgan fingerprint density at radius 2 is 0.755 bits per heavy atom. The zero-order valence-corrected chi connectivity index (χ0v) is 26.5. The van der Waals surface area contributed by atoms with Gasteiger partial charge < -0.3 is 9.47 Å². The lowest BCUT2D eigenvalue weighted by Crippen LogP contribution is -2.04. The number of sulfone groups is 1. The third-order valence-corrected chi connectivity index (χ3v) is 9.71. The van der Waals surface area contributed by atoms with E-state index < -0.39 is 54.5 Å². The molecule has 0 saturated carbocycles. The summed E-state index contributed by atoms with van der Waals surface area (Å²) in [7, 11) is -1.72. The maximum absolute atomic E-state index is 15.3. The van der Waals surface area contributed by atoms with Crippen molar-refractivity contribution in [2.45, 2.75) is 9.79 Å². The molecule has 0 amide bonds. The minimum Gasteiger partial charge on any atom is -0.496 e. The molecule has 0 N–H and O–H groups in total. The van der Waals surface area contributed by atoms with Gasteiger partial charge in [-0.2, -0.15) is 0 Å². The van der Waals surface area contributed by atoms with Crippen molar-refractivity contribution in [3.05, 3.63) is 144 Å². The van der Waals surface area contributed by atoms with Gasteiger partial charge in [-0.1, -0.05) is 36.4 Å². The molecule has 0 fully saturated rings. The lowest BCUT2D eigenvalue weighted by molar-refractivity contribution is 0.415. The Labute approximate surface area is 277 Å². The summed E-state index contributed by atoms with van der Waals surface area (Å²) in [4.78, 5) is -1.05. The van der Waals surface area contributed by atoms with Crippen LogP contribution in [0.15, 0.2) is 119 Å². The van der Waals surface area contributed by atoms with E-state index in [0.717, 1.165) is 36.4 Å². The van der Waals surface area contributed by atoms with Crippen molar-refractivity contribution in [2.24, 2.45) is 0 Å². The van der Waals surface area contributed by atoms with Crippen LogP contribution < -0.4 is 9.47 Å². The molecular formula is C38H24F6O4S. The molecule has 6 aromatic carbocycles. The van der Waals surface area contributed by atoms with Crippen LogP contribution in [0, 0.1) is 34.9 Å². The van der Waals surface area contributed by atoms with E-state index in [1.54, 1.807) is 0 Å². The first-order valence-corrected chi connectivity index (χ1v) is 16.0. The first kappa shape index (κ1) is 33.4. The summed E-state index contributed by atoms with van der Waals surface area (Å²) < 4.78 is 126. The number of rotatable bonds is 8. The topological polar surface area (TPSA) is 52.6 Å². The Hall–Kier alpha value is -5.55. The Bertz CT molecular complexity index is 2200. The molecule has 0 radical (unpaired) electrons. The molecule has 0 aromatic heterocycles. The molecule has 0 atom stereocenters. The predicted molar refractivity (Wildman–Crippen MR) is 173 cm³/mol. The quantitative estimate of drug-likeness (QED) is 0.149. The Kier molecular flexibility index (Phi) is 8.96. The molecule has 6 rings (SSSR count). The number of benzene rings is 6. The van der Waals surface area contributed by atoms with Crippen LogP contribution in [0.25, 0.3) is 44.5 Å². The van der Waals surface area contributed by atoms with Crippen molar-refractivity contribution in [3.63, 3.8) is 0 Å². The average molecular weight is 691 g/mol. The van der Waals surface area contributed by atoms with Crippen molar-refractivity contribution in [2.75, 3.05) is 14.2 Å². The predicted octanol–water partition coefficient (Wildman–Crippen LogP) is 10.0. The molecule has 0 unspecified atom stereocenters. The lowest BCUT2D eigenvalue weighted by Gasteiger charge is -2.13. The van der Waals surface area contributed by atoms with Gasteiger partial charge in [0.05, 0.1) is 24.0 Å². The van der Waals surface area contributed by atoms with Crippen LogP contribution in [0.4, 0.5) is 26.3 Å². The van der Waals surface area contributed by atoms with Gasteiger partial charge in [0.1, 0.15) is 46.4 Å². The second-order valence-electron chi connectivity index (χ2n) is 10.9. The van der Waals surface area contributed by atoms with Gasteiger partial charge in [0, 0.05) is 33.4 Å². The molecule has 248 valence electrons. The van der Waals surface area contributed by atoms with Gasteiger partial charge in [0.15, 0.2) is 0 Å². The van der Waals surface area contributed by atoms with E-state index in [9.17, 15) is 17.2 Å². The van der Waals surface area contributed by atoms with E-state index in [1.165, 1.54) is 74.9 Å². The van der Waals surface area contributed by atoms with Crippen LogP contribution in [0.3, 0.4) is 0 Å². The van der Waals surface area contributed by atoms with E-state index in [4.69, 9.17) is 9.47 Å². The van der Waals surface area contributed by atoms with E-state index >= 15 is 17.6 Å². The minimum atomic E-state index is -4.48. The number of ether oxygens (including phenoxy) is 2. The number of hydrogen-bond acceptors (Lipinski definition) is 4. The van der Waals surface area contributed by atoms with E-state index in [2.05, 4.69) is 0 Å². The van der Waals surface area contributed by atoms with Crippen LogP contribution in [0.2, 0.25) is 0 Å². The fraction of sp³-hybridized carbons (Fsp3) is 0.0526. The normalized spacial score (nSPS) is 11.4. The van der Waals surface area contributed by atoms with Gasteiger partial charge in [-0.05, 0) is 83.9 Å². The second kappa shape index (κ2) is 13.2. The molecular weight excluding hydrogens is 666 g/mol. The number of hydrogen-bond donors (Lipinski definition) is 0. The van der Waals surface area contributed by atoms with Crippen molar-refractivity contribution >= 4 is 9.84 Å². The highest BCUT2D eigenvalue weighted by Gasteiger charge is 2.23. The van der Waals surface area contributed by atoms with Crippen molar-refractivity contribution < 1.29 is 44.2 Å². The first-order chi connectivity index (χ1) is 23.4. The molecule has 0 aliphatic carbocycles. The average Bonchev–Trinajstić information content (AvgIpc) is 3.08. The summed E-state index contributed by atoms with van der Waals surface area (Å²) in [5, 5.41) is 0. The zero-order chi connectivity index (χ0) is 35.0. The molecule has 0 aliphatic rings. The number of methoxy groups -OCH3 is 2. The van der Waals surface area contributed by atoms with Crippen LogP contribution in [-0.2, 0) is 9.84 Å². The molecule has 0 aliphatic heterocycles. The second-order valence-corrected chi connectivity index (χ2v) is 12.8. The van der Waals surface area contributed by atoms with Crippen molar-refractivity contribution in [1.29, 1.82) is 0 Å². The maximum atomic E-state index is 15.3. The van der Waals surface area contributed by atoms with Gasteiger partial charge in [0.2, 0.25) is 9.84 Å². The van der Waals surface area contributed by atoms with Crippen LogP contribution >= 0.6 is 0 Å². The first-order valence-electron chi connectivity index (χ1n) is 14.5. The highest BCUT2D eigenvalue weighted by atomic mass is 32.2. The summed E-state index contributed by atoms with van der Waals surface area (Å²) in [6, 6.07) is 20.7. The Balaban J connectivity index is 1.28. The fourth-order valence-electron chi connectivity index (χ4n) is 5.51. The highest BCUT2D eigenvalue weighted by Crippen LogP contribution is 2.37. The monoisotopic (exact) mass is 690 g/mol. The smallest absolute Gasteiger partial charge is 0.206 e. The molecule has 0 bridgehead atoms. The van der Waals surface area contributed by atoms with Gasteiger partial charge in [-0.3, -0.25) is 0 Å². The van der Waals surface area contributed by atoms with Gasteiger partial charge >= 0.3 is 0 Å². The van der Waals surface area contributed by atoms with Crippen LogP contribution in [0.5, 0.6) is 11.5 Å². The maximum Gasteiger partial charge on any atom is 0.206 e. The summed E-state index contributed by atoms with van der Waals surface area (Å²) >= 11 is 0. The van der Waals surface area contributed by atoms with Gasteiger partial charge in [-0.15, -0.1) is 0 Å². The summed E-state index contributed by atoms with van der Waals surface area (Å²) in [5.41, 5.74) is 0.237. The third-order valence-electron chi connectivity index (χ3n) is 7.97. The standard InChI is InChI=1S/C38H24F6O4S/c1-47-37-13-5-23(39)17-31(37)21-3-9-27(33(41)15-21)29-11-7-25(19-35(29)43)49(45,46)26-8-12-30(36(44)20-26)28-10-4-22(16-34(28)42)32-18-24(40)6-14-38(32)48-2/h3-20H,1-2H3. The third kappa shape index (κ3) is 6.37. The minimum absolute atomic E-state index is 0.181. The van der Waals surface area contributed by atoms with E-state index in [1.807, 2.05) is 0 Å². The highest BCUT2D eigenvalue weighted by molar-refractivity contribution is 7.91. The summed E-state index contributed by atoms with van der Waals surface area (Å²) in [6.45, 7) is 0. The molecule has 4 nitrogen and oxygen atoms in total. The molecule has 11 heteroatoms. The van der Waals surface area contributed by atoms with Gasteiger partial charge in [-0.25, -0.2) is 34.8 Å². The molecule has 6 aromatic rings. The van der Waals surface area contributed by atoms with Crippen molar-refractivity contribution in [1.82, 2.24) is 0 Å². The fourth-order valence-corrected chi connectivity index (χ4v) is 6.80. The van der Waals surface area contributed by atoms with Crippen LogP contribution in [0.1, 0.15) is 0 Å². The Morgan fingerprint density at radius 3 is 1.08 bits per heavy atom. The molecule has 0 spiro atoms. The molecule has 0 heterocycles. The van der Waals surface area contributed by atoms with E-state index in [-0.39, 0.29) is 44.5 Å². The zero-order valence-electron chi connectivity index (χ0n) is 25.7. The molecule has 0 saturated heterocycles.